The zero-order valence-corrected chi connectivity index (χ0v) is 27.8. The van der Waals surface area contributed by atoms with Crippen LogP contribution in [0.2, 0.25) is 0 Å². The average Bonchev–Trinajstić information content (AvgIpc) is 3.75. The summed E-state index contributed by atoms with van der Waals surface area (Å²) in [4.78, 5) is 0. The van der Waals surface area contributed by atoms with Gasteiger partial charge in [-0.3, -0.25) is 0 Å². The maximum atomic E-state index is 11.4. The summed E-state index contributed by atoms with van der Waals surface area (Å²) in [6.07, 6.45) is -7.83. The summed E-state index contributed by atoms with van der Waals surface area (Å²) < 4.78 is 59.5. The molecule has 50 heavy (non-hydrogen) atoms. The molecule has 0 radical (unpaired) electrons. The molecule has 268 valence electrons. The Morgan fingerprint density at radius 3 is 2.24 bits per heavy atom. The Bertz CT molecular complexity index is 1680. The van der Waals surface area contributed by atoms with Gasteiger partial charge in [-0.15, -0.1) is 0 Å². The first-order valence-corrected chi connectivity index (χ1v) is 16.6. The van der Waals surface area contributed by atoms with E-state index in [0.717, 1.165) is 22.3 Å². The van der Waals surface area contributed by atoms with Crippen molar-refractivity contribution in [2.24, 2.45) is 11.8 Å². The lowest BCUT2D eigenvalue weighted by atomic mass is 9.65. The van der Waals surface area contributed by atoms with Gasteiger partial charge in [-0.25, -0.2) is 0 Å². The largest absolute Gasteiger partial charge is 0.493 e. The summed E-state index contributed by atoms with van der Waals surface area (Å²) >= 11 is 0. The number of hydrogen-bond acceptors (Lipinski definition) is 14. The van der Waals surface area contributed by atoms with E-state index in [4.69, 9.17) is 53.1 Å². The number of aliphatic hydroxyl groups is 3. The molecule has 2 unspecified atom stereocenters. The van der Waals surface area contributed by atoms with E-state index in [2.05, 4.69) is 0 Å². The van der Waals surface area contributed by atoms with Gasteiger partial charge in [-0.05, 0) is 65.6 Å². The Hall–Kier alpha value is -3.86. The number of aliphatic hydroxyl groups excluding tert-OH is 3. The van der Waals surface area contributed by atoms with Gasteiger partial charge in [0.25, 0.3) is 0 Å². The van der Waals surface area contributed by atoms with Gasteiger partial charge in [0.2, 0.25) is 12.5 Å². The average molecular weight is 696 g/mol. The minimum absolute atomic E-state index is 0.0484. The van der Waals surface area contributed by atoms with E-state index >= 15 is 0 Å². The standard InChI is InChI=1S/C36H41NO13/c1-16-43-14-27-34(48-16)30(38)31(39)36(49-27)50-32-21-11-24-23(46-15-47-24)10-20(21)28(29-22(32)13-45-35(29)40)18-8-25(41-2)33(26(9-18)42-3)44-12-17-4-6-19(37)7-5-17/h4-11,16,22,27-32,34-36,38-40H,12-15,37H2,1-3H3/t16-,22+,27-,28-,29+,30-,31-,32-,34-,35?,36?/m1/s1. The van der Waals surface area contributed by atoms with Gasteiger partial charge >= 0.3 is 0 Å². The van der Waals surface area contributed by atoms with Crippen molar-refractivity contribution in [2.45, 2.75) is 68.8 Å². The summed E-state index contributed by atoms with van der Waals surface area (Å²) in [5.74, 6) is 0.981. The predicted molar refractivity (Wildman–Crippen MR) is 173 cm³/mol. The zero-order valence-electron chi connectivity index (χ0n) is 27.8. The second kappa shape index (κ2) is 13.4. The van der Waals surface area contributed by atoms with Gasteiger partial charge in [0.05, 0.1) is 33.5 Å². The van der Waals surface area contributed by atoms with Crippen LogP contribution in [0.5, 0.6) is 28.7 Å². The van der Waals surface area contributed by atoms with Crippen molar-refractivity contribution in [3.05, 3.63) is 70.8 Å². The summed E-state index contributed by atoms with van der Waals surface area (Å²) in [7, 11) is 3.11. The molecule has 3 aromatic carbocycles. The Balaban J connectivity index is 1.17. The molecule has 0 saturated carbocycles. The number of anilines is 1. The van der Waals surface area contributed by atoms with E-state index in [9.17, 15) is 15.3 Å². The van der Waals surface area contributed by atoms with Crippen LogP contribution in [-0.2, 0) is 30.3 Å². The molecule has 4 aliphatic heterocycles. The number of hydrogen-bond donors (Lipinski definition) is 4. The summed E-state index contributed by atoms with van der Waals surface area (Å²) in [6.45, 7) is 2.33. The molecule has 11 atom stereocenters. The lowest BCUT2D eigenvalue weighted by molar-refractivity contribution is -0.364. The van der Waals surface area contributed by atoms with Crippen molar-refractivity contribution in [3.8, 4) is 28.7 Å². The fourth-order valence-electron chi connectivity index (χ4n) is 7.79. The summed E-state index contributed by atoms with van der Waals surface area (Å²) in [5.41, 5.74) is 9.71. The topological polar surface area (TPSA) is 179 Å². The Morgan fingerprint density at radius 1 is 0.840 bits per heavy atom. The molecular formula is C36H41NO13. The van der Waals surface area contributed by atoms with Crippen molar-refractivity contribution in [3.63, 3.8) is 0 Å². The number of rotatable bonds is 8. The van der Waals surface area contributed by atoms with Crippen LogP contribution in [-0.4, -0.2) is 92.8 Å². The van der Waals surface area contributed by atoms with Gasteiger partial charge in [-0.2, -0.15) is 0 Å². The van der Waals surface area contributed by atoms with Crippen molar-refractivity contribution in [1.82, 2.24) is 0 Å². The van der Waals surface area contributed by atoms with Crippen LogP contribution < -0.4 is 29.4 Å². The van der Waals surface area contributed by atoms with Gasteiger partial charge in [0.15, 0.2) is 41.9 Å². The molecule has 14 nitrogen and oxygen atoms in total. The maximum absolute atomic E-state index is 11.4. The van der Waals surface area contributed by atoms with Crippen LogP contribution in [0.1, 0.15) is 41.2 Å². The van der Waals surface area contributed by atoms with E-state index in [-0.39, 0.29) is 26.6 Å². The first-order chi connectivity index (χ1) is 24.2. The van der Waals surface area contributed by atoms with Crippen molar-refractivity contribution >= 4 is 5.69 Å². The zero-order chi connectivity index (χ0) is 34.7. The molecule has 4 heterocycles. The smallest absolute Gasteiger partial charge is 0.231 e. The van der Waals surface area contributed by atoms with Crippen LogP contribution in [0.4, 0.5) is 5.69 Å². The Morgan fingerprint density at radius 2 is 1.54 bits per heavy atom. The first kappa shape index (κ1) is 33.3. The van der Waals surface area contributed by atoms with E-state index < -0.39 is 67.1 Å². The molecule has 3 saturated heterocycles. The Labute approximate surface area is 288 Å². The lowest BCUT2D eigenvalue weighted by Gasteiger charge is -2.48. The van der Waals surface area contributed by atoms with Crippen LogP contribution >= 0.6 is 0 Å². The number of nitrogen functional groups attached to an aromatic ring is 1. The molecule has 0 bridgehead atoms. The number of fused-ring (bicyclic) bond motifs is 4. The maximum Gasteiger partial charge on any atom is 0.231 e. The number of nitrogens with two attached hydrogens (primary N) is 1. The summed E-state index contributed by atoms with van der Waals surface area (Å²) in [5, 5.41) is 33.7. The molecule has 0 amide bonds. The lowest BCUT2D eigenvalue weighted by Crippen LogP contribution is -2.63. The SMILES string of the molecule is COc1cc([C@@H]2c3cc4c(cc3[C@@H](OC3O[C@@H]5CO[C@@H](C)O[C@H]5[C@H](O)[C@H]3O)[C@H]3COC(O)[C@H]23)OCO4)cc(OC)c1OCc1ccc(N)cc1. The van der Waals surface area contributed by atoms with E-state index in [1.165, 1.54) is 0 Å². The molecule has 5 aliphatic rings. The minimum Gasteiger partial charge on any atom is -0.493 e. The Kier molecular flexibility index (Phi) is 8.89. The molecule has 14 heteroatoms. The van der Waals surface area contributed by atoms with Gasteiger partial charge in [-0.1, -0.05) is 12.1 Å². The highest BCUT2D eigenvalue weighted by Gasteiger charge is 2.55. The van der Waals surface area contributed by atoms with Gasteiger partial charge in [0.1, 0.15) is 31.0 Å². The van der Waals surface area contributed by atoms with Crippen molar-refractivity contribution in [1.29, 1.82) is 0 Å². The predicted octanol–water partition coefficient (Wildman–Crippen LogP) is 2.59. The van der Waals surface area contributed by atoms with Crippen LogP contribution in [0.3, 0.4) is 0 Å². The molecule has 0 aromatic heterocycles. The van der Waals surface area contributed by atoms with E-state index in [0.29, 0.717) is 34.4 Å². The molecule has 0 spiro atoms. The molecule has 3 fully saturated rings. The van der Waals surface area contributed by atoms with Crippen LogP contribution in [0, 0.1) is 11.8 Å². The van der Waals surface area contributed by atoms with Gasteiger partial charge in [0, 0.05) is 23.4 Å². The fraction of sp³-hybridized carbons (Fsp3) is 0.500. The first-order valence-electron chi connectivity index (χ1n) is 16.6. The second-order valence-electron chi connectivity index (χ2n) is 13.1. The molecule has 5 N–H and O–H groups in total. The number of ether oxygens (including phenoxy) is 10. The second-order valence-corrected chi connectivity index (χ2v) is 13.1. The third kappa shape index (κ3) is 5.79. The highest BCUT2D eigenvalue weighted by molar-refractivity contribution is 5.59. The number of benzene rings is 3. The minimum atomic E-state index is -1.42. The normalized spacial score (nSPS) is 34.0. The highest BCUT2D eigenvalue weighted by Crippen LogP contribution is 2.58. The third-order valence-corrected chi connectivity index (χ3v) is 10.2. The molecular weight excluding hydrogens is 654 g/mol. The highest BCUT2D eigenvalue weighted by atomic mass is 16.8. The quantitative estimate of drug-likeness (QED) is 0.253. The molecule has 8 rings (SSSR count). The van der Waals surface area contributed by atoms with Crippen LogP contribution in [0.15, 0.2) is 48.5 Å². The van der Waals surface area contributed by atoms with E-state index in [1.54, 1.807) is 21.1 Å². The van der Waals surface area contributed by atoms with Crippen molar-refractivity contribution < 1.29 is 62.7 Å². The van der Waals surface area contributed by atoms with Crippen molar-refractivity contribution in [2.75, 3.05) is 40.0 Å². The molecule has 1 aliphatic carbocycles. The van der Waals surface area contributed by atoms with Crippen LogP contribution in [0.25, 0.3) is 0 Å². The van der Waals surface area contributed by atoms with Gasteiger partial charge < -0.3 is 68.4 Å². The monoisotopic (exact) mass is 695 g/mol. The fourth-order valence-corrected chi connectivity index (χ4v) is 7.79. The van der Waals surface area contributed by atoms with E-state index in [1.807, 2.05) is 48.5 Å². The number of methoxy groups -OCH3 is 2. The summed E-state index contributed by atoms with van der Waals surface area (Å²) in [6, 6.07) is 14.9. The third-order valence-electron chi connectivity index (χ3n) is 10.2. The molecule has 3 aromatic rings.